The van der Waals surface area contributed by atoms with Crippen LogP contribution in [0.1, 0.15) is 31.2 Å². The first-order valence-corrected chi connectivity index (χ1v) is 9.72. The summed E-state index contributed by atoms with van der Waals surface area (Å²) >= 11 is 0. The molecular formula is C16H24N2O2S. The number of nitrogens with one attached hydrogen (secondary N) is 1. The molecule has 116 valence electrons. The fourth-order valence-electron chi connectivity index (χ4n) is 3.16. The first-order chi connectivity index (χ1) is 10.1. The largest absolute Gasteiger partial charge is 0.372 e. The lowest BCUT2D eigenvalue weighted by Gasteiger charge is -2.23. The summed E-state index contributed by atoms with van der Waals surface area (Å²) < 4.78 is 22.8. The summed E-state index contributed by atoms with van der Waals surface area (Å²) in [6.45, 7) is 3.17. The number of rotatable bonds is 4. The second-order valence-corrected chi connectivity index (χ2v) is 8.47. The van der Waals surface area contributed by atoms with Crippen molar-refractivity contribution in [2.24, 2.45) is 0 Å². The van der Waals surface area contributed by atoms with Gasteiger partial charge in [-0.25, -0.2) is 8.42 Å². The molecule has 0 aliphatic carbocycles. The Morgan fingerprint density at radius 1 is 1.05 bits per heavy atom. The normalized spacial score (nSPS) is 22.6. The zero-order chi connectivity index (χ0) is 14.7. The van der Waals surface area contributed by atoms with Gasteiger partial charge in [0, 0.05) is 31.4 Å². The molecule has 2 fully saturated rings. The zero-order valence-electron chi connectivity index (χ0n) is 12.4. The molecule has 21 heavy (non-hydrogen) atoms. The molecule has 0 unspecified atom stereocenters. The molecule has 1 aromatic rings. The molecule has 0 amide bonds. The van der Waals surface area contributed by atoms with E-state index in [1.54, 1.807) is 0 Å². The highest BCUT2D eigenvalue weighted by Crippen LogP contribution is 2.20. The van der Waals surface area contributed by atoms with Crippen molar-refractivity contribution in [1.29, 1.82) is 0 Å². The lowest BCUT2D eigenvalue weighted by atomic mass is 10.1. The van der Waals surface area contributed by atoms with Crippen LogP contribution in [-0.2, 0) is 16.4 Å². The van der Waals surface area contributed by atoms with Crippen LogP contribution < -0.4 is 10.2 Å². The van der Waals surface area contributed by atoms with Gasteiger partial charge in [0.1, 0.15) is 9.84 Å². The molecular weight excluding hydrogens is 284 g/mol. The van der Waals surface area contributed by atoms with Gasteiger partial charge in [0.25, 0.3) is 0 Å². The van der Waals surface area contributed by atoms with E-state index in [2.05, 4.69) is 34.5 Å². The Labute approximate surface area is 127 Å². The summed E-state index contributed by atoms with van der Waals surface area (Å²) in [5, 5.41) is 3.49. The Bertz CT molecular complexity index is 548. The van der Waals surface area contributed by atoms with Gasteiger partial charge in [-0.1, -0.05) is 12.1 Å². The molecule has 2 saturated heterocycles. The predicted octanol–water partition coefficient (Wildman–Crippen LogP) is 1.95. The van der Waals surface area contributed by atoms with Crippen molar-refractivity contribution in [2.75, 3.05) is 29.5 Å². The second-order valence-electron chi connectivity index (χ2n) is 6.17. The lowest BCUT2D eigenvalue weighted by Crippen LogP contribution is -2.37. The fraction of sp³-hybridized carbons (Fsp3) is 0.625. The van der Waals surface area contributed by atoms with Crippen LogP contribution in [0.15, 0.2) is 24.3 Å². The van der Waals surface area contributed by atoms with E-state index in [1.165, 1.54) is 37.2 Å². The van der Waals surface area contributed by atoms with Crippen LogP contribution in [0.25, 0.3) is 0 Å². The second kappa shape index (κ2) is 6.36. The molecule has 2 heterocycles. The van der Waals surface area contributed by atoms with E-state index in [0.717, 1.165) is 19.4 Å². The Morgan fingerprint density at radius 3 is 2.29 bits per heavy atom. The number of hydrogen-bond acceptors (Lipinski definition) is 4. The SMILES string of the molecule is O=S1(=O)CCC(NCc2ccc(N3CCCC3)cc2)CC1. The van der Waals surface area contributed by atoms with Gasteiger partial charge in [0.15, 0.2) is 0 Å². The fourth-order valence-corrected chi connectivity index (χ4v) is 4.65. The van der Waals surface area contributed by atoms with Gasteiger partial charge in [-0.15, -0.1) is 0 Å². The van der Waals surface area contributed by atoms with Gasteiger partial charge in [0.2, 0.25) is 0 Å². The number of benzene rings is 1. The minimum Gasteiger partial charge on any atom is -0.372 e. The maximum absolute atomic E-state index is 11.4. The zero-order valence-corrected chi connectivity index (χ0v) is 13.2. The van der Waals surface area contributed by atoms with Crippen molar-refractivity contribution in [3.63, 3.8) is 0 Å². The monoisotopic (exact) mass is 308 g/mol. The van der Waals surface area contributed by atoms with Crippen LogP contribution in [-0.4, -0.2) is 39.1 Å². The van der Waals surface area contributed by atoms with E-state index < -0.39 is 9.84 Å². The molecule has 0 radical (unpaired) electrons. The summed E-state index contributed by atoms with van der Waals surface area (Å²) in [6.07, 6.45) is 4.09. The van der Waals surface area contributed by atoms with Crippen LogP contribution in [0, 0.1) is 0 Å². The van der Waals surface area contributed by atoms with Crippen molar-refractivity contribution in [2.45, 2.75) is 38.3 Å². The molecule has 0 aromatic heterocycles. The van der Waals surface area contributed by atoms with Crippen LogP contribution >= 0.6 is 0 Å². The predicted molar refractivity (Wildman–Crippen MR) is 86.4 cm³/mol. The van der Waals surface area contributed by atoms with E-state index in [9.17, 15) is 8.42 Å². The van der Waals surface area contributed by atoms with Crippen LogP contribution in [0.2, 0.25) is 0 Å². The highest BCUT2D eigenvalue weighted by Gasteiger charge is 2.22. The van der Waals surface area contributed by atoms with Gasteiger partial charge in [-0.05, 0) is 43.4 Å². The van der Waals surface area contributed by atoms with Crippen molar-refractivity contribution < 1.29 is 8.42 Å². The molecule has 1 N–H and O–H groups in total. The topological polar surface area (TPSA) is 49.4 Å². The average molecular weight is 308 g/mol. The van der Waals surface area contributed by atoms with Crippen LogP contribution in [0.4, 0.5) is 5.69 Å². The van der Waals surface area contributed by atoms with E-state index in [-0.39, 0.29) is 0 Å². The Hall–Kier alpha value is -1.07. The van der Waals surface area contributed by atoms with Crippen molar-refractivity contribution in [1.82, 2.24) is 5.32 Å². The molecule has 5 heteroatoms. The average Bonchev–Trinajstić information content (AvgIpc) is 3.01. The number of nitrogens with zero attached hydrogens (tertiary/aromatic N) is 1. The molecule has 3 rings (SSSR count). The molecule has 2 aliphatic rings. The lowest BCUT2D eigenvalue weighted by molar-refractivity contribution is 0.463. The Balaban J connectivity index is 1.49. The third-order valence-electron chi connectivity index (χ3n) is 4.56. The van der Waals surface area contributed by atoms with Gasteiger partial charge in [0.05, 0.1) is 11.5 Å². The standard InChI is InChI=1S/C16H24N2O2S/c19-21(20)11-7-15(8-12-21)17-13-14-3-5-16(6-4-14)18-9-1-2-10-18/h3-6,15,17H,1-2,7-13H2. The highest BCUT2D eigenvalue weighted by molar-refractivity contribution is 7.91. The minimum absolute atomic E-state index is 0.332. The maximum Gasteiger partial charge on any atom is 0.150 e. The van der Waals surface area contributed by atoms with E-state index in [1.807, 2.05) is 0 Å². The molecule has 0 atom stereocenters. The summed E-state index contributed by atoms with van der Waals surface area (Å²) in [4.78, 5) is 2.43. The smallest absolute Gasteiger partial charge is 0.150 e. The Morgan fingerprint density at radius 2 is 1.67 bits per heavy atom. The van der Waals surface area contributed by atoms with Gasteiger partial charge < -0.3 is 10.2 Å². The maximum atomic E-state index is 11.4. The highest BCUT2D eigenvalue weighted by atomic mass is 32.2. The van der Waals surface area contributed by atoms with Crippen LogP contribution in [0.5, 0.6) is 0 Å². The Kier molecular flexibility index (Phi) is 4.50. The molecule has 2 aliphatic heterocycles. The summed E-state index contributed by atoms with van der Waals surface area (Å²) in [7, 11) is -2.76. The van der Waals surface area contributed by atoms with Crippen LogP contribution in [0.3, 0.4) is 0 Å². The third kappa shape index (κ3) is 3.98. The van der Waals surface area contributed by atoms with Gasteiger partial charge >= 0.3 is 0 Å². The molecule has 1 aromatic carbocycles. The quantitative estimate of drug-likeness (QED) is 0.924. The molecule has 4 nitrogen and oxygen atoms in total. The summed E-state index contributed by atoms with van der Waals surface area (Å²) in [6, 6.07) is 9.11. The van der Waals surface area contributed by atoms with E-state index in [0.29, 0.717) is 17.5 Å². The van der Waals surface area contributed by atoms with Gasteiger partial charge in [-0.2, -0.15) is 0 Å². The number of anilines is 1. The minimum atomic E-state index is -2.76. The first-order valence-electron chi connectivity index (χ1n) is 7.90. The summed E-state index contributed by atoms with van der Waals surface area (Å²) in [5.41, 5.74) is 2.59. The van der Waals surface area contributed by atoms with Crippen molar-refractivity contribution in [3.05, 3.63) is 29.8 Å². The van der Waals surface area contributed by atoms with Crippen molar-refractivity contribution >= 4 is 15.5 Å². The summed E-state index contributed by atoms with van der Waals surface area (Å²) in [5.74, 6) is 0.664. The number of hydrogen-bond donors (Lipinski definition) is 1. The molecule has 0 bridgehead atoms. The first kappa shape index (κ1) is 14.9. The molecule has 0 spiro atoms. The van der Waals surface area contributed by atoms with Crippen molar-refractivity contribution in [3.8, 4) is 0 Å². The van der Waals surface area contributed by atoms with Gasteiger partial charge in [-0.3, -0.25) is 0 Å². The number of sulfone groups is 1. The van der Waals surface area contributed by atoms with E-state index >= 15 is 0 Å². The molecule has 0 saturated carbocycles. The third-order valence-corrected chi connectivity index (χ3v) is 6.27. The van der Waals surface area contributed by atoms with E-state index in [4.69, 9.17) is 0 Å².